The number of aromatic nitrogens is 2. The van der Waals surface area contributed by atoms with Crippen molar-refractivity contribution >= 4 is 29.9 Å². The number of alkyl halides is 3. The van der Waals surface area contributed by atoms with Gasteiger partial charge < -0.3 is 15.2 Å². The van der Waals surface area contributed by atoms with E-state index in [1.165, 1.54) is 19.4 Å². The number of aliphatic imine (C=N–C) groups is 1. The molecule has 1 aromatic carbocycles. The predicted molar refractivity (Wildman–Crippen MR) is 97.8 cm³/mol. The van der Waals surface area contributed by atoms with Gasteiger partial charge in [0, 0.05) is 32.5 Å². The first-order chi connectivity index (χ1) is 11.4. The molecule has 0 spiro atoms. The van der Waals surface area contributed by atoms with Crippen molar-refractivity contribution in [1.29, 1.82) is 0 Å². The van der Waals surface area contributed by atoms with Gasteiger partial charge in [0.15, 0.2) is 5.96 Å². The van der Waals surface area contributed by atoms with Crippen LogP contribution in [0.4, 0.5) is 17.6 Å². The Bertz CT molecular complexity index is 686. The van der Waals surface area contributed by atoms with Crippen molar-refractivity contribution in [2.75, 3.05) is 13.6 Å². The van der Waals surface area contributed by atoms with Crippen molar-refractivity contribution in [2.45, 2.75) is 19.1 Å². The highest BCUT2D eigenvalue weighted by atomic mass is 127. The van der Waals surface area contributed by atoms with Gasteiger partial charge in [-0.3, -0.25) is 4.99 Å². The molecule has 0 aliphatic rings. The summed E-state index contributed by atoms with van der Waals surface area (Å²) in [5.41, 5.74) is 0.999. The average molecular weight is 471 g/mol. The van der Waals surface area contributed by atoms with Crippen LogP contribution in [0.3, 0.4) is 0 Å². The Morgan fingerprint density at radius 1 is 1.28 bits per heavy atom. The Morgan fingerprint density at radius 2 is 2.04 bits per heavy atom. The largest absolute Gasteiger partial charge is 0.390 e. The number of rotatable bonds is 5. The lowest BCUT2D eigenvalue weighted by Crippen LogP contribution is -2.38. The minimum absolute atomic E-state index is 0. The van der Waals surface area contributed by atoms with Crippen LogP contribution in [0.2, 0.25) is 0 Å². The molecule has 1 aromatic heterocycles. The first-order valence-corrected chi connectivity index (χ1v) is 7.17. The number of imidazole rings is 1. The van der Waals surface area contributed by atoms with Crippen LogP contribution in [-0.2, 0) is 6.54 Å². The van der Waals surface area contributed by atoms with E-state index in [1.54, 1.807) is 29.1 Å². The van der Waals surface area contributed by atoms with Crippen molar-refractivity contribution < 1.29 is 17.6 Å². The molecule has 0 bridgehead atoms. The molecule has 0 saturated carbocycles. The molecule has 2 rings (SSSR count). The lowest BCUT2D eigenvalue weighted by Gasteiger charge is -2.13. The second-order valence-corrected chi connectivity index (χ2v) is 4.97. The Labute approximate surface area is 159 Å². The molecule has 0 amide bonds. The molecule has 0 atom stereocenters. The number of nitrogens with zero attached hydrogens (tertiary/aromatic N) is 3. The number of benzene rings is 1. The van der Waals surface area contributed by atoms with Gasteiger partial charge in [0.1, 0.15) is 5.82 Å². The SMILES string of the molecule is CN=C(NCCC(F)(F)F)NCc1ccc(-n2ccnc2)c(F)c1.I. The second-order valence-electron chi connectivity index (χ2n) is 4.97. The van der Waals surface area contributed by atoms with E-state index in [4.69, 9.17) is 0 Å². The van der Waals surface area contributed by atoms with Crippen molar-refractivity contribution in [3.05, 3.63) is 48.3 Å². The smallest absolute Gasteiger partial charge is 0.356 e. The molecule has 0 saturated heterocycles. The normalized spacial score (nSPS) is 11.8. The fourth-order valence-electron chi connectivity index (χ4n) is 2.00. The van der Waals surface area contributed by atoms with E-state index in [9.17, 15) is 17.6 Å². The average Bonchev–Trinajstić information content (AvgIpc) is 3.03. The summed E-state index contributed by atoms with van der Waals surface area (Å²) in [6.07, 6.45) is -0.517. The molecule has 0 unspecified atom stereocenters. The van der Waals surface area contributed by atoms with E-state index in [-0.39, 0.29) is 43.0 Å². The molecular weight excluding hydrogens is 453 g/mol. The molecule has 2 N–H and O–H groups in total. The van der Waals surface area contributed by atoms with Crippen LogP contribution in [0, 0.1) is 5.82 Å². The summed E-state index contributed by atoms with van der Waals surface area (Å²) in [6.45, 7) is -0.0517. The lowest BCUT2D eigenvalue weighted by atomic mass is 10.2. The van der Waals surface area contributed by atoms with E-state index in [1.807, 2.05) is 0 Å². The summed E-state index contributed by atoms with van der Waals surface area (Å²) in [6, 6.07) is 4.67. The summed E-state index contributed by atoms with van der Waals surface area (Å²) in [5.74, 6) is -0.203. The first kappa shape index (κ1) is 21.2. The Balaban J connectivity index is 0.00000312. The minimum atomic E-state index is -4.22. The Morgan fingerprint density at radius 3 is 2.60 bits per heavy atom. The van der Waals surface area contributed by atoms with Crippen molar-refractivity contribution in [3.8, 4) is 5.69 Å². The van der Waals surface area contributed by atoms with Crippen LogP contribution in [0.5, 0.6) is 0 Å². The van der Waals surface area contributed by atoms with E-state index >= 15 is 0 Å². The zero-order valence-electron chi connectivity index (χ0n) is 13.3. The third-order valence-electron chi connectivity index (χ3n) is 3.18. The van der Waals surface area contributed by atoms with Gasteiger partial charge in [-0.25, -0.2) is 9.37 Å². The summed E-state index contributed by atoms with van der Waals surface area (Å²) in [4.78, 5) is 7.68. The van der Waals surface area contributed by atoms with Crippen LogP contribution in [0.15, 0.2) is 41.9 Å². The van der Waals surface area contributed by atoms with Crippen LogP contribution in [0.1, 0.15) is 12.0 Å². The number of hydrogen-bond donors (Lipinski definition) is 2. The molecule has 2 aromatic rings. The lowest BCUT2D eigenvalue weighted by molar-refractivity contribution is -0.132. The van der Waals surface area contributed by atoms with E-state index in [0.717, 1.165) is 0 Å². The van der Waals surface area contributed by atoms with E-state index < -0.39 is 18.4 Å². The fourth-order valence-corrected chi connectivity index (χ4v) is 2.00. The summed E-state index contributed by atoms with van der Waals surface area (Å²) in [5, 5.41) is 5.40. The van der Waals surface area contributed by atoms with Gasteiger partial charge in [-0.1, -0.05) is 6.07 Å². The van der Waals surface area contributed by atoms with E-state index in [2.05, 4.69) is 20.6 Å². The van der Waals surface area contributed by atoms with Gasteiger partial charge in [0.25, 0.3) is 0 Å². The van der Waals surface area contributed by atoms with Crippen LogP contribution < -0.4 is 10.6 Å². The van der Waals surface area contributed by atoms with E-state index in [0.29, 0.717) is 11.3 Å². The molecule has 10 heteroatoms. The first-order valence-electron chi connectivity index (χ1n) is 7.17. The Hall–Kier alpha value is -1.85. The molecule has 25 heavy (non-hydrogen) atoms. The van der Waals surface area contributed by atoms with Crippen LogP contribution in [-0.4, -0.2) is 35.3 Å². The molecule has 0 radical (unpaired) electrons. The number of guanidine groups is 1. The predicted octanol–water partition coefficient (Wildman–Crippen LogP) is 3.25. The second kappa shape index (κ2) is 9.59. The highest BCUT2D eigenvalue weighted by molar-refractivity contribution is 14.0. The maximum absolute atomic E-state index is 14.1. The molecule has 5 nitrogen and oxygen atoms in total. The highest BCUT2D eigenvalue weighted by Crippen LogP contribution is 2.18. The summed E-state index contributed by atoms with van der Waals surface area (Å²) in [7, 11) is 1.45. The third kappa shape index (κ3) is 6.88. The quantitative estimate of drug-likeness (QED) is 0.305. The van der Waals surface area contributed by atoms with Crippen molar-refractivity contribution in [1.82, 2.24) is 20.2 Å². The zero-order chi connectivity index (χ0) is 17.6. The zero-order valence-corrected chi connectivity index (χ0v) is 15.7. The Kier molecular flexibility index (Phi) is 8.13. The monoisotopic (exact) mass is 471 g/mol. The fraction of sp³-hybridized carbons (Fsp3) is 0.333. The molecule has 0 fully saturated rings. The van der Waals surface area contributed by atoms with Crippen LogP contribution in [0.25, 0.3) is 5.69 Å². The number of halogens is 5. The van der Waals surface area contributed by atoms with Crippen molar-refractivity contribution in [3.63, 3.8) is 0 Å². The maximum Gasteiger partial charge on any atom is 0.390 e. The van der Waals surface area contributed by atoms with Gasteiger partial charge in [0.05, 0.1) is 18.4 Å². The molecular formula is C15H18F4IN5. The van der Waals surface area contributed by atoms with Gasteiger partial charge in [0.2, 0.25) is 0 Å². The van der Waals surface area contributed by atoms with Crippen molar-refractivity contribution in [2.24, 2.45) is 4.99 Å². The number of nitrogens with one attached hydrogen (secondary N) is 2. The molecule has 0 aliphatic heterocycles. The van der Waals surface area contributed by atoms with Gasteiger partial charge >= 0.3 is 6.18 Å². The highest BCUT2D eigenvalue weighted by Gasteiger charge is 2.26. The molecule has 138 valence electrons. The standard InChI is InChI=1S/C15H17F4N5.HI/c1-20-14(22-5-4-15(17,18)19)23-9-11-2-3-13(12(16)8-11)24-7-6-21-10-24;/h2-3,6-8,10H,4-5,9H2,1H3,(H2,20,22,23);1H. The van der Waals surface area contributed by atoms with Gasteiger partial charge in [-0.2, -0.15) is 13.2 Å². The topological polar surface area (TPSA) is 54.2 Å². The minimum Gasteiger partial charge on any atom is -0.356 e. The third-order valence-corrected chi connectivity index (χ3v) is 3.18. The molecule has 1 heterocycles. The molecule has 0 aliphatic carbocycles. The number of hydrogen-bond acceptors (Lipinski definition) is 2. The van der Waals surface area contributed by atoms with Crippen LogP contribution >= 0.6 is 24.0 Å². The van der Waals surface area contributed by atoms with Gasteiger partial charge in [-0.15, -0.1) is 24.0 Å². The summed E-state index contributed by atoms with van der Waals surface area (Å²) >= 11 is 0. The summed E-state index contributed by atoms with van der Waals surface area (Å²) < 4.78 is 52.0. The maximum atomic E-state index is 14.1. The van der Waals surface area contributed by atoms with Gasteiger partial charge in [-0.05, 0) is 17.7 Å².